The Hall–Kier alpha value is -1.07. The maximum absolute atomic E-state index is 11.3. The molecule has 1 saturated heterocycles. The number of carbonyl (C=O) groups is 1. The number of β-lactam (4-membered cyclic amide) rings is 1. The van der Waals surface area contributed by atoms with Gasteiger partial charge >= 0.3 is 9.24 Å². The van der Waals surface area contributed by atoms with Crippen molar-refractivity contribution in [3.05, 3.63) is 35.4 Å². The molecule has 0 aliphatic carbocycles. The van der Waals surface area contributed by atoms with Gasteiger partial charge in [0.15, 0.2) is 0 Å². The Morgan fingerprint density at radius 3 is 2.59 bits per heavy atom. The predicted molar refractivity (Wildman–Crippen MR) is 64.8 cm³/mol. The minimum Gasteiger partial charge on any atom is -0.274 e. The summed E-state index contributed by atoms with van der Waals surface area (Å²) >= 11 is 0. The van der Waals surface area contributed by atoms with Gasteiger partial charge in [-0.25, -0.2) is 4.31 Å². The van der Waals surface area contributed by atoms with Gasteiger partial charge in [0.2, 0.25) is 5.91 Å². The summed E-state index contributed by atoms with van der Waals surface area (Å²) in [6, 6.07) is 7.04. The average molecular weight is 274 g/mol. The normalized spacial score (nSPS) is 20.2. The summed E-state index contributed by atoms with van der Waals surface area (Å²) in [6.45, 7) is 1.98. The first-order valence-electron chi connectivity index (χ1n) is 5.29. The lowest BCUT2D eigenvalue weighted by Gasteiger charge is -2.38. The van der Waals surface area contributed by atoms with Crippen LogP contribution in [0.5, 0.6) is 0 Å². The molecule has 0 saturated carbocycles. The maximum Gasteiger partial charge on any atom is 0.324 e. The maximum atomic E-state index is 11.3. The lowest BCUT2D eigenvalue weighted by Crippen LogP contribution is -2.48. The molecule has 1 aromatic rings. The zero-order valence-corrected chi connectivity index (χ0v) is 10.8. The average Bonchev–Trinajstić information content (AvgIpc) is 2.23. The molecule has 1 atom stereocenters. The lowest BCUT2D eigenvalue weighted by atomic mass is 9.92. The van der Waals surface area contributed by atoms with E-state index in [1.165, 1.54) is 0 Å². The second-order valence-electron chi connectivity index (χ2n) is 3.90. The van der Waals surface area contributed by atoms with E-state index >= 15 is 0 Å². The fourth-order valence-corrected chi connectivity index (χ4v) is 3.42. The van der Waals surface area contributed by atoms with Crippen molar-refractivity contribution in [3.8, 4) is 0 Å². The van der Waals surface area contributed by atoms with Crippen molar-refractivity contribution in [2.45, 2.75) is 25.8 Å². The third-order valence-corrected chi connectivity index (χ3v) is 4.30. The second-order valence-corrected chi connectivity index (χ2v) is 6.29. The van der Waals surface area contributed by atoms with Gasteiger partial charge in [-0.2, -0.15) is 8.42 Å². The van der Waals surface area contributed by atoms with Gasteiger partial charge < -0.3 is 0 Å². The number of halogens is 1. The van der Waals surface area contributed by atoms with E-state index in [4.69, 9.17) is 10.7 Å². The summed E-state index contributed by atoms with van der Waals surface area (Å²) in [5.41, 5.74) is 1.90. The Balaban J connectivity index is 2.39. The number of hydrogen-bond donors (Lipinski definition) is 0. The zero-order valence-electron chi connectivity index (χ0n) is 9.26. The molecule has 0 spiro atoms. The predicted octanol–water partition coefficient (Wildman–Crippen LogP) is 2.01. The molecule has 17 heavy (non-hydrogen) atoms. The standard InChI is InChI=1S/C11H12ClNO3S/c1-2-8-5-3-4-6-9(8)10-7-11(14)13(10)17(12,15)16/h3-6,10H,2,7H2,1H3. The van der Waals surface area contributed by atoms with E-state index in [-0.39, 0.29) is 6.42 Å². The Morgan fingerprint density at radius 2 is 2.06 bits per heavy atom. The Bertz CT molecular complexity index is 556. The summed E-state index contributed by atoms with van der Waals surface area (Å²) in [5.74, 6) is -0.448. The summed E-state index contributed by atoms with van der Waals surface area (Å²) in [7, 11) is 1.27. The van der Waals surface area contributed by atoms with Gasteiger partial charge in [0.25, 0.3) is 0 Å². The number of rotatable bonds is 3. The van der Waals surface area contributed by atoms with Crippen molar-refractivity contribution in [1.29, 1.82) is 0 Å². The first-order valence-corrected chi connectivity index (χ1v) is 7.56. The number of carbonyl (C=O) groups excluding carboxylic acids is 1. The first kappa shape index (κ1) is 12.4. The van der Waals surface area contributed by atoms with E-state index in [0.29, 0.717) is 0 Å². The molecule has 4 nitrogen and oxygen atoms in total. The molecule has 1 unspecified atom stereocenters. The highest BCUT2D eigenvalue weighted by Gasteiger charge is 2.45. The van der Waals surface area contributed by atoms with Crippen LogP contribution >= 0.6 is 10.7 Å². The molecule has 2 rings (SSSR count). The van der Waals surface area contributed by atoms with Crippen LogP contribution in [0.3, 0.4) is 0 Å². The lowest BCUT2D eigenvalue weighted by molar-refractivity contribution is -0.137. The van der Waals surface area contributed by atoms with Crippen LogP contribution in [-0.4, -0.2) is 18.6 Å². The van der Waals surface area contributed by atoms with Crippen LogP contribution in [0.1, 0.15) is 30.5 Å². The van der Waals surface area contributed by atoms with Gasteiger partial charge in [-0.3, -0.25) is 4.79 Å². The zero-order chi connectivity index (χ0) is 12.6. The van der Waals surface area contributed by atoms with Gasteiger partial charge in [0, 0.05) is 10.7 Å². The molecule has 0 bridgehead atoms. The number of benzene rings is 1. The van der Waals surface area contributed by atoms with Crippen LogP contribution in [0.15, 0.2) is 24.3 Å². The smallest absolute Gasteiger partial charge is 0.274 e. The number of amides is 1. The van der Waals surface area contributed by atoms with E-state index in [1.54, 1.807) is 0 Å². The number of hydrogen-bond acceptors (Lipinski definition) is 3. The minimum absolute atomic E-state index is 0.197. The van der Waals surface area contributed by atoms with E-state index in [2.05, 4.69) is 0 Å². The van der Waals surface area contributed by atoms with Crippen LogP contribution in [0.2, 0.25) is 0 Å². The number of aryl methyl sites for hydroxylation is 1. The Morgan fingerprint density at radius 1 is 1.41 bits per heavy atom. The third kappa shape index (κ3) is 2.17. The Labute approximate surface area is 105 Å². The molecule has 0 radical (unpaired) electrons. The second kappa shape index (κ2) is 4.31. The van der Waals surface area contributed by atoms with Gasteiger partial charge in [0.05, 0.1) is 12.5 Å². The molecule has 0 N–H and O–H groups in total. The molecule has 1 heterocycles. The minimum atomic E-state index is -3.98. The van der Waals surface area contributed by atoms with Crippen LogP contribution < -0.4 is 0 Å². The molecule has 1 fully saturated rings. The van der Waals surface area contributed by atoms with Crippen molar-refractivity contribution in [2.75, 3.05) is 0 Å². The molecular formula is C11H12ClNO3S. The van der Waals surface area contributed by atoms with E-state index in [9.17, 15) is 13.2 Å². The van der Waals surface area contributed by atoms with Crippen molar-refractivity contribution in [1.82, 2.24) is 4.31 Å². The highest BCUT2D eigenvalue weighted by molar-refractivity contribution is 8.12. The highest BCUT2D eigenvalue weighted by atomic mass is 35.7. The third-order valence-electron chi connectivity index (χ3n) is 2.93. The first-order chi connectivity index (χ1) is 7.95. The SMILES string of the molecule is CCc1ccccc1C1CC(=O)N1S(=O)(=O)Cl. The molecule has 92 valence electrons. The largest absolute Gasteiger partial charge is 0.324 e. The quantitative estimate of drug-likeness (QED) is 0.625. The van der Waals surface area contributed by atoms with Crippen molar-refractivity contribution in [2.24, 2.45) is 0 Å². The molecule has 0 aromatic heterocycles. The molecule has 1 aliphatic rings. The van der Waals surface area contributed by atoms with Crippen LogP contribution in [0.4, 0.5) is 0 Å². The monoisotopic (exact) mass is 273 g/mol. The highest BCUT2D eigenvalue weighted by Crippen LogP contribution is 2.39. The van der Waals surface area contributed by atoms with Crippen molar-refractivity contribution in [3.63, 3.8) is 0 Å². The number of nitrogens with zero attached hydrogens (tertiary/aromatic N) is 1. The van der Waals surface area contributed by atoms with E-state index < -0.39 is 21.2 Å². The molecule has 1 aliphatic heterocycles. The topological polar surface area (TPSA) is 54.5 Å². The van der Waals surface area contributed by atoms with Crippen molar-refractivity contribution < 1.29 is 13.2 Å². The summed E-state index contributed by atoms with van der Waals surface area (Å²) in [6.07, 6.45) is 0.986. The van der Waals surface area contributed by atoms with Gasteiger partial charge in [-0.15, -0.1) is 0 Å². The molecule has 6 heteroatoms. The van der Waals surface area contributed by atoms with Crippen LogP contribution in [-0.2, 0) is 20.5 Å². The van der Waals surface area contributed by atoms with Crippen LogP contribution in [0, 0.1) is 0 Å². The van der Waals surface area contributed by atoms with E-state index in [1.807, 2.05) is 31.2 Å². The summed E-state index contributed by atoms with van der Waals surface area (Å²) in [5, 5.41) is 0. The van der Waals surface area contributed by atoms with Crippen LogP contribution in [0.25, 0.3) is 0 Å². The van der Waals surface area contributed by atoms with Gasteiger partial charge in [-0.05, 0) is 17.5 Å². The summed E-state index contributed by atoms with van der Waals surface area (Å²) < 4.78 is 23.3. The molecule has 1 aromatic carbocycles. The van der Waals surface area contributed by atoms with E-state index in [0.717, 1.165) is 21.9 Å². The summed E-state index contributed by atoms with van der Waals surface area (Å²) in [4.78, 5) is 11.3. The fourth-order valence-electron chi connectivity index (χ4n) is 2.09. The van der Waals surface area contributed by atoms with Gasteiger partial charge in [0.1, 0.15) is 0 Å². The van der Waals surface area contributed by atoms with Crippen molar-refractivity contribution >= 4 is 25.8 Å². The van der Waals surface area contributed by atoms with Gasteiger partial charge in [-0.1, -0.05) is 31.2 Å². The Kier molecular flexibility index (Phi) is 3.14. The molecule has 1 amide bonds. The molecular weight excluding hydrogens is 262 g/mol. The fraction of sp³-hybridized carbons (Fsp3) is 0.364.